The lowest BCUT2D eigenvalue weighted by Gasteiger charge is -2.17. The summed E-state index contributed by atoms with van der Waals surface area (Å²) in [5.41, 5.74) is 4.64. The second-order valence-electron chi connectivity index (χ2n) is 5.79. The van der Waals surface area contributed by atoms with E-state index < -0.39 is 28.4 Å². The highest BCUT2D eigenvalue weighted by atomic mass is 79.9. The largest absolute Gasteiger partial charge is 0.493 e. The van der Waals surface area contributed by atoms with Crippen LogP contribution in [0.5, 0.6) is 11.5 Å². The number of carbonyl (C=O) groups excluding carboxylic acids is 2. The number of ether oxygens (including phenoxy) is 2. The third-order valence-corrected chi connectivity index (χ3v) is 6.20. The second kappa shape index (κ2) is 9.72. The Kier molecular flexibility index (Phi) is 7.59. The van der Waals surface area contributed by atoms with Gasteiger partial charge in [-0.05, 0) is 42.5 Å². The molecule has 0 fully saturated rings. The first kappa shape index (κ1) is 22.7. The molecule has 2 N–H and O–H groups in total. The van der Waals surface area contributed by atoms with Crippen molar-refractivity contribution in [2.24, 2.45) is 0 Å². The van der Waals surface area contributed by atoms with Gasteiger partial charge in [-0.15, -0.1) is 0 Å². The summed E-state index contributed by atoms with van der Waals surface area (Å²) in [4.78, 5) is 24.3. The van der Waals surface area contributed by atoms with Gasteiger partial charge in [0.15, 0.2) is 11.5 Å². The van der Waals surface area contributed by atoms with E-state index in [2.05, 4.69) is 26.8 Å². The maximum atomic E-state index is 12.5. The Morgan fingerprint density at radius 2 is 1.62 bits per heavy atom. The Labute approximate surface area is 177 Å². The molecule has 0 saturated carbocycles. The SMILES string of the molecule is COc1ccc(C(=O)NNC(=O)CN(C)S(=O)(=O)c2ccc(Br)cc2)cc1OC. The smallest absolute Gasteiger partial charge is 0.269 e. The summed E-state index contributed by atoms with van der Waals surface area (Å²) in [7, 11) is 0.324. The van der Waals surface area contributed by atoms with Gasteiger partial charge in [0.2, 0.25) is 10.0 Å². The first-order valence-corrected chi connectivity index (χ1v) is 10.5. The molecule has 0 atom stereocenters. The van der Waals surface area contributed by atoms with Crippen LogP contribution in [-0.4, -0.2) is 52.3 Å². The zero-order chi connectivity index (χ0) is 21.6. The van der Waals surface area contributed by atoms with Crippen molar-refractivity contribution in [3.05, 3.63) is 52.5 Å². The molecule has 11 heteroatoms. The van der Waals surface area contributed by atoms with E-state index in [1.54, 1.807) is 18.2 Å². The fourth-order valence-corrected chi connectivity index (χ4v) is 3.68. The molecule has 0 heterocycles. The van der Waals surface area contributed by atoms with E-state index >= 15 is 0 Å². The van der Waals surface area contributed by atoms with Crippen molar-refractivity contribution < 1.29 is 27.5 Å². The molecule has 0 spiro atoms. The summed E-state index contributed by atoms with van der Waals surface area (Å²) in [6.07, 6.45) is 0. The molecule has 0 saturated heterocycles. The van der Waals surface area contributed by atoms with Gasteiger partial charge in [0, 0.05) is 17.1 Å². The number of methoxy groups -OCH3 is 2. The van der Waals surface area contributed by atoms with E-state index in [1.807, 2.05) is 0 Å². The molecule has 29 heavy (non-hydrogen) atoms. The highest BCUT2D eigenvalue weighted by molar-refractivity contribution is 9.10. The molecule has 0 aliphatic rings. The lowest BCUT2D eigenvalue weighted by Crippen LogP contribution is -2.46. The molecule has 0 radical (unpaired) electrons. The van der Waals surface area contributed by atoms with E-state index in [0.29, 0.717) is 11.5 Å². The molecule has 156 valence electrons. The molecule has 0 aliphatic heterocycles. The number of halogens is 1. The van der Waals surface area contributed by atoms with E-state index in [4.69, 9.17) is 9.47 Å². The first-order chi connectivity index (χ1) is 13.7. The van der Waals surface area contributed by atoms with Crippen molar-refractivity contribution in [3.63, 3.8) is 0 Å². The van der Waals surface area contributed by atoms with Gasteiger partial charge >= 0.3 is 0 Å². The Morgan fingerprint density at radius 1 is 1.00 bits per heavy atom. The maximum absolute atomic E-state index is 12.5. The van der Waals surface area contributed by atoms with Crippen molar-refractivity contribution >= 4 is 37.8 Å². The molecular formula is C18H20BrN3O6S. The minimum Gasteiger partial charge on any atom is -0.493 e. The number of rotatable bonds is 7. The summed E-state index contributed by atoms with van der Waals surface area (Å²) in [6.45, 7) is -0.482. The minimum absolute atomic E-state index is 0.0466. The number of hydrogen-bond donors (Lipinski definition) is 2. The molecule has 0 aromatic heterocycles. The third kappa shape index (κ3) is 5.68. The van der Waals surface area contributed by atoms with E-state index in [9.17, 15) is 18.0 Å². The van der Waals surface area contributed by atoms with Crippen molar-refractivity contribution in [2.75, 3.05) is 27.8 Å². The van der Waals surface area contributed by atoms with Crippen molar-refractivity contribution in [3.8, 4) is 11.5 Å². The zero-order valence-corrected chi connectivity index (χ0v) is 18.3. The quantitative estimate of drug-likeness (QED) is 0.575. The average Bonchev–Trinajstić information content (AvgIpc) is 2.71. The van der Waals surface area contributed by atoms with Crippen LogP contribution in [-0.2, 0) is 14.8 Å². The Bertz CT molecular complexity index is 995. The fourth-order valence-electron chi connectivity index (χ4n) is 2.29. The second-order valence-corrected chi connectivity index (χ2v) is 8.75. The summed E-state index contributed by atoms with van der Waals surface area (Å²) < 4.78 is 36.8. The molecule has 9 nitrogen and oxygen atoms in total. The van der Waals surface area contributed by atoms with Gasteiger partial charge in [0.25, 0.3) is 11.8 Å². The van der Waals surface area contributed by atoms with Crippen LogP contribution in [0.1, 0.15) is 10.4 Å². The number of carbonyl (C=O) groups is 2. The summed E-state index contributed by atoms with van der Waals surface area (Å²) in [5.74, 6) is -0.501. The number of sulfonamides is 1. The van der Waals surface area contributed by atoms with Crippen LogP contribution in [0.4, 0.5) is 0 Å². The van der Waals surface area contributed by atoms with E-state index in [1.165, 1.54) is 45.5 Å². The van der Waals surface area contributed by atoms with Gasteiger partial charge in [0.1, 0.15) is 0 Å². The molecule has 0 aliphatic carbocycles. The van der Waals surface area contributed by atoms with Crippen LogP contribution in [0.15, 0.2) is 51.8 Å². The van der Waals surface area contributed by atoms with Gasteiger partial charge < -0.3 is 9.47 Å². The predicted molar refractivity (Wildman–Crippen MR) is 109 cm³/mol. The monoisotopic (exact) mass is 485 g/mol. The summed E-state index contributed by atoms with van der Waals surface area (Å²) >= 11 is 3.23. The van der Waals surface area contributed by atoms with Crippen molar-refractivity contribution in [1.82, 2.24) is 15.2 Å². The number of amides is 2. The van der Waals surface area contributed by atoms with E-state index in [0.717, 1.165) is 8.78 Å². The molecule has 0 bridgehead atoms. The molecule has 2 rings (SSSR count). The van der Waals surface area contributed by atoms with Crippen LogP contribution >= 0.6 is 15.9 Å². The number of likely N-dealkylation sites (N-methyl/N-ethyl adjacent to an activating group) is 1. The molecule has 2 aromatic carbocycles. The fraction of sp³-hybridized carbons (Fsp3) is 0.222. The molecule has 2 aromatic rings. The minimum atomic E-state index is -3.85. The highest BCUT2D eigenvalue weighted by Crippen LogP contribution is 2.27. The van der Waals surface area contributed by atoms with Gasteiger partial charge in [-0.3, -0.25) is 20.4 Å². The summed E-state index contributed by atoms with van der Waals surface area (Å²) in [5, 5.41) is 0. The van der Waals surface area contributed by atoms with Crippen LogP contribution in [0.2, 0.25) is 0 Å². The number of hydrazine groups is 1. The van der Waals surface area contributed by atoms with Crippen LogP contribution in [0.25, 0.3) is 0 Å². The standard InChI is InChI=1S/C18H20BrN3O6S/c1-22(29(25,26)14-7-5-13(19)6-8-14)11-17(23)20-21-18(24)12-4-9-15(27-2)16(10-12)28-3/h4-10H,11H2,1-3H3,(H,20,23)(H,21,24). The van der Waals surface area contributed by atoms with E-state index in [-0.39, 0.29) is 10.5 Å². The Morgan fingerprint density at radius 3 is 2.21 bits per heavy atom. The number of nitrogens with one attached hydrogen (secondary N) is 2. The Balaban J connectivity index is 1.97. The van der Waals surface area contributed by atoms with Gasteiger partial charge in [-0.25, -0.2) is 8.42 Å². The van der Waals surface area contributed by atoms with Crippen LogP contribution in [0.3, 0.4) is 0 Å². The average molecular weight is 486 g/mol. The Hall–Kier alpha value is -2.63. The van der Waals surface area contributed by atoms with Crippen LogP contribution in [0, 0.1) is 0 Å². The lowest BCUT2D eigenvalue weighted by atomic mass is 10.2. The molecule has 2 amide bonds. The van der Waals surface area contributed by atoms with Crippen LogP contribution < -0.4 is 20.3 Å². The van der Waals surface area contributed by atoms with Gasteiger partial charge in [-0.2, -0.15) is 4.31 Å². The normalized spacial score (nSPS) is 11.1. The number of hydrogen-bond acceptors (Lipinski definition) is 6. The van der Waals surface area contributed by atoms with Crippen molar-refractivity contribution in [1.29, 1.82) is 0 Å². The lowest BCUT2D eigenvalue weighted by molar-refractivity contribution is -0.121. The first-order valence-electron chi connectivity index (χ1n) is 8.22. The maximum Gasteiger partial charge on any atom is 0.269 e. The molecule has 0 unspecified atom stereocenters. The topological polar surface area (TPSA) is 114 Å². The third-order valence-electron chi connectivity index (χ3n) is 3.85. The zero-order valence-electron chi connectivity index (χ0n) is 15.9. The van der Waals surface area contributed by atoms with Crippen molar-refractivity contribution in [2.45, 2.75) is 4.90 Å². The number of nitrogens with zero attached hydrogens (tertiary/aromatic N) is 1. The number of benzene rings is 2. The summed E-state index contributed by atoms with van der Waals surface area (Å²) in [6, 6.07) is 10.5. The van der Waals surface area contributed by atoms with Gasteiger partial charge in [-0.1, -0.05) is 15.9 Å². The molecular weight excluding hydrogens is 466 g/mol. The van der Waals surface area contributed by atoms with Gasteiger partial charge in [0.05, 0.1) is 25.7 Å². The highest BCUT2D eigenvalue weighted by Gasteiger charge is 2.23. The predicted octanol–water partition coefficient (Wildman–Crippen LogP) is 1.55.